The van der Waals surface area contributed by atoms with Crippen molar-refractivity contribution in [2.45, 2.75) is 12.7 Å². The normalized spacial score (nSPS) is 12.5. The molecule has 0 spiro atoms. The molecule has 0 fully saturated rings. The summed E-state index contributed by atoms with van der Waals surface area (Å²) in [5.41, 5.74) is 0.579. The van der Waals surface area contributed by atoms with E-state index in [1.54, 1.807) is 7.05 Å². The molecule has 0 radical (unpaired) electrons. The first-order valence-corrected chi connectivity index (χ1v) is 8.45. The molecule has 0 amide bonds. The standard InChI is InChI=1S/C20H18F3N3O2.HI/c1-24-19(26-12-15-7-8-17-18(11-15)28-13-27-17)25-9-3-5-14-4-2-6-16(10-14)20(21,22)23;/h2,4,6-8,10-11H,9,12-13H2,1H3,(H2,24,25,26);1H. The Hall–Kier alpha value is -2.61. The third-order valence-electron chi connectivity index (χ3n) is 3.89. The number of rotatable bonds is 3. The number of nitrogens with zero attached hydrogens (tertiary/aromatic N) is 1. The molecule has 154 valence electrons. The number of hydrogen-bond acceptors (Lipinski definition) is 3. The molecule has 29 heavy (non-hydrogen) atoms. The number of nitrogens with one attached hydrogen (secondary N) is 2. The van der Waals surface area contributed by atoms with E-state index in [4.69, 9.17) is 9.47 Å². The van der Waals surface area contributed by atoms with Crippen molar-refractivity contribution in [1.29, 1.82) is 0 Å². The monoisotopic (exact) mass is 517 g/mol. The van der Waals surface area contributed by atoms with Crippen molar-refractivity contribution in [3.8, 4) is 23.3 Å². The van der Waals surface area contributed by atoms with E-state index in [-0.39, 0.29) is 37.3 Å². The van der Waals surface area contributed by atoms with Crippen molar-refractivity contribution in [3.63, 3.8) is 0 Å². The van der Waals surface area contributed by atoms with Gasteiger partial charge in [-0.2, -0.15) is 13.2 Å². The van der Waals surface area contributed by atoms with E-state index in [9.17, 15) is 13.2 Å². The van der Waals surface area contributed by atoms with Crippen LogP contribution in [0.2, 0.25) is 0 Å². The Kier molecular flexibility index (Phi) is 8.01. The quantitative estimate of drug-likeness (QED) is 0.282. The van der Waals surface area contributed by atoms with E-state index in [0.717, 1.165) is 23.4 Å². The number of ether oxygens (including phenoxy) is 2. The molecule has 0 unspecified atom stereocenters. The summed E-state index contributed by atoms with van der Waals surface area (Å²) < 4.78 is 48.7. The first kappa shape index (κ1) is 22.7. The Morgan fingerprint density at radius 2 is 1.90 bits per heavy atom. The van der Waals surface area contributed by atoms with Crippen LogP contribution >= 0.6 is 24.0 Å². The lowest BCUT2D eigenvalue weighted by atomic mass is 10.1. The molecule has 0 aromatic heterocycles. The van der Waals surface area contributed by atoms with Crippen molar-refractivity contribution in [2.24, 2.45) is 4.99 Å². The van der Waals surface area contributed by atoms with E-state index in [1.165, 1.54) is 12.1 Å². The number of aliphatic imine (C=N–C) groups is 1. The lowest BCUT2D eigenvalue weighted by Crippen LogP contribution is -2.36. The number of alkyl halides is 3. The van der Waals surface area contributed by atoms with E-state index in [2.05, 4.69) is 27.5 Å². The molecule has 3 rings (SSSR count). The smallest absolute Gasteiger partial charge is 0.416 e. The molecular formula is C20H19F3IN3O2. The first-order chi connectivity index (χ1) is 13.5. The van der Waals surface area contributed by atoms with Gasteiger partial charge in [0.2, 0.25) is 6.79 Å². The molecule has 9 heteroatoms. The van der Waals surface area contributed by atoms with Gasteiger partial charge in [-0.05, 0) is 35.9 Å². The van der Waals surface area contributed by atoms with E-state index in [0.29, 0.717) is 23.8 Å². The predicted molar refractivity (Wildman–Crippen MR) is 115 cm³/mol. The summed E-state index contributed by atoms with van der Waals surface area (Å²) in [4.78, 5) is 4.09. The van der Waals surface area contributed by atoms with Crippen molar-refractivity contribution in [2.75, 3.05) is 20.4 Å². The van der Waals surface area contributed by atoms with Gasteiger partial charge in [-0.15, -0.1) is 24.0 Å². The second-order valence-corrected chi connectivity index (χ2v) is 5.85. The fourth-order valence-corrected chi connectivity index (χ4v) is 2.50. The molecule has 5 nitrogen and oxygen atoms in total. The largest absolute Gasteiger partial charge is 0.454 e. The molecule has 1 heterocycles. The van der Waals surface area contributed by atoms with Gasteiger partial charge in [-0.25, -0.2) is 0 Å². The van der Waals surface area contributed by atoms with Crippen LogP contribution in [-0.2, 0) is 12.7 Å². The van der Waals surface area contributed by atoms with Gasteiger partial charge in [-0.3, -0.25) is 4.99 Å². The van der Waals surface area contributed by atoms with Crippen LogP contribution in [0, 0.1) is 11.8 Å². The molecule has 0 saturated heterocycles. The molecule has 0 aliphatic carbocycles. The van der Waals surface area contributed by atoms with Crippen molar-refractivity contribution >= 4 is 29.9 Å². The Balaban J connectivity index is 0.00000300. The third kappa shape index (κ3) is 6.45. The minimum Gasteiger partial charge on any atom is -0.454 e. The highest BCUT2D eigenvalue weighted by atomic mass is 127. The first-order valence-electron chi connectivity index (χ1n) is 8.45. The molecular weight excluding hydrogens is 498 g/mol. The van der Waals surface area contributed by atoms with Crippen LogP contribution in [0.3, 0.4) is 0 Å². The molecule has 0 saturated carbocycles. The highest BCUT2D eigenvalue weighted by molar-refractivity contribution is 14.0. The van der Waals surface area contributed by atoms with Crippen molar-refractivity contribution in [3.05, 3.63) is 59.2 Å². The van der Waals surface area contributed by atoms with E-state index >= 15 is 0 Å². The van der Waals surface area contributed by atoms with Crippen LogP contribution in [0.15, 0.2) is 47.5 Å². The summed E-state index contributed by atoms with van der Waals surface area (Å²) in [6, 6.07) is 10.6. The average molecular weight is 517 g/mol. The highest BCUT2D eigenvalue weighted by Gasteiger charge is 2.30. The molecule has 1 aliphatic heterocycles. The summed E-state index contributed by atoms with van der Waals surface area (Å²) in [6.45, 7) is 0.967. The molecule has 1 aliphatic rings. The van der Waals surface area contributed by atoms with E-state index < -0.39 is 11.7 Å². The summed E-state index contributed by atoms with van der Waals surface area (Å²) in [6.07, 6.45) is -4.38. The van der Waals surface area contributed by atoms with Crippen molar-refractivity contribution in [1.82, 2.24) is 10.6 Å². The summed E-state index contributed by atoms with van der Waals surface area (Å²) in [7, 11) is 1.62. The maximum Gasteiger partial charge on any atom is 0.416 e. The minimum absolute atomic E-state index is 0. The van der Waals surface area contributed by atoms with Crippen LogP contribution in [0.25, 0.3) is 0 Å². The number of fused-ring (bicyclic) bond motifs is 1. The zero-order valence-corrected chi connectivity index (χ0v) is 17.8. The molecule has 0 atom stereocenters. The summed E-state index contributed by atoms with van der Waals surface area (Å²) in [5, 5.41) is 6.12. The lowest BCUT2D eigenvalue weighted by Gasteiger charge is -2.10. The maximum atomic E-state index is 12.7. The molecule has 2 aromatic rings. The number of halogens is 4. The van der Waals surface area contributed by atoms with Crippen LogP contribution in [0.4, 0.5) is 13.2 Å². The van der Waals surface area contributed by atoms with Gasteiger partial charge in [0, 0.05) is 19.2 Å². The number of guanidine groups is 1. The zero-order valence-electron chi connectivity index (χ0n) is 15.5. The van der Waals surface area contributed by atoms with Gasteiger partial charge in [0.15, 0.2) is 17.5 Å². The molecule has 2 N–H and O–H groups in total. The van der Waals surface area contributed by atoms with Crippen LogP contribution in [-0.4, -0.2) is 26.3 Å². The SMILES string of the molecule is CN=C(NCC#Cc1cccc(C(F)(F)F)c1)NCc1ccc2c(c1)OCO2.I. The van der Waals surface area contributed by atoms with Gasteiger partial charge >= 0.3 is 6.18 Å². The van der Waals surface area contributed by atoms with Crippen LogP contribution in [0.1, 0.15) is 16.7 Å². The predicted octanol–water partition coefficient (Wildman–Crippen LogP) is 3.77. The maximum absolute atomic E-state index is 12.7. The average Bonchev–Trinajstić information content (AvgIpc) is 3.15. The lowest BCUT2D eigenvalue weighted by molar-refractivity contribution is -0.137. The highest BCUT2D eigenvalue weighted by Crippen LogP contribution is 2.32. The summed E-state index contributed by atoms with van der Waals surface area (Å²) >= 11 is 0. The van der Waals surface area contributed by atoms with E-state index in [1.807, 2.05) is 18.2 Å². The fraction of sp³-hybridized carbons (Fsp3) is 0.250. The number of hydrogen-bond donors (Lipinski definition) is 2. The Bertz CT molecular complexity index is 937. The van der Waals surface area contributed by atoms with Crippen LogP contribution in [0.5, 0.6) is 11.5 Å². The summed E-state index contributed by atoms with van der Waals surface area (Å²) in [5.74, 6) is 7.45. The fourth-order valence-electron chi connectivity index (χ4n) is 2.50. The molecule has 0 bridgehead atoms. The number of benzene rings is 2. The van der Waals surface area contributed by atoms with Crippen LogP contribution < -0.4 is 20.1 Å². The Morgan fingerprint density at radius 3 is 2.66 bits per heavy atom. The van der Waals surface area contributed by atoms with Gasteiger partial charge in [0.1, 0.15) is 0 Å². The topological polar surface area (TPSA) is 54.9 Å². The molecule has 2 aromatic carbocycles. The zero-order chi connectivity index (χ0) is 20.0. The third-order valence-corrected chi connectivity index (χ3v) is 3.89. The minimum atomic E-state index is -4.38. The second-order valence-electron chi connectivity index (χ2n) is 5.85. The van der Waals surface area contributed by atoms with Crippen molar-refractivity contribution < 1.29 is 22.6 Å². The Labute approximate surface area is 183 Å². The Morgan fingerprint density at radius 1 is 1.10 bits per heavy atom. The van der Waals surface area contributed by atoms with Gasteiger partial charge < -0.3 is 20.1 Å². The van der Waals surface area contributed by atoms with Gasteiger partial charge in [0.05, 0.1) is 12.1 Å². The second kappa shape index (κ2) is 10.2. The van der Waals surface area contributed by atoms with Gasteiger partial charge in [0.25, 0.3) is 0 Å². The van der Waals surface area contributed by atoms with Gasteiger partial charge in [-0.1, -0.05) is 24.0 Å².